The predicted molar refractivity (Wildman–Crippen MR) is 81.6 cm³/mol. The van der Waals surface area contributed by atoms with Crippen molar-refractivity contribution in [2.24, 2.45) is 0 Å². The van der Waals surface area contributed by atoms with Crippen LogP contribution >= 0.6 is 11.6 Å². The summed E-state index contributed by atoms with van der Waals surface area (Å²) < 4.78 is 13.2. The molecule has 0 radical (unpaired) electrons. The third kappa shape index (κ3) is 2.59. The number of hydrogen-bond acceptors (Lipinski definition) is 2. The van der Waals surface area contributed by atoms with Gasteiger partial charge in [0.05, 0.1) is 5.02 Å². The summed E-state index contributed by atoms with van der Waals surface area (Å²) in [5.41, 5.74) is 10.2. The van der Waals surface area contributed by atoms with Crippen LogP contribution in [0.15, 0.2) is 36.4 Å². The van der Waals surface area contributed by atoms with E-state index < -0.39 is 0 Å². The zero-order valence-electron chi connectivity index (χ0n) is 11.1. The SMILES string of the molecule is Nc1ccc2c(c1)CCCN2Cc1ccc(F)c(Cl)c1. The van der Waals surface area contributed by atoms with Crippen molar-refractivity contribution < 1.29 is 4.39 Å². The summed E-state index contributed by atoms with van der Waals surface area (Å²) >= 11 is 5.84. The number of rotatable bonds is 2. The quantitative estimate of drug-likeness (QED) is 0.847. The number of halogens is 2. The molecule has 0 amide bonds. The first-order valence-corrected chi connectivity index (χ1v) is 7.08. The van der Waals surface area contributed by atoms with Crippen LogP contribution < -0.4 is 10.6 Å². The highest BCUT2D eigenvalue weighted by Crippen LogP contribution is 2.30. The van der Waals surface area contributed by atoms with Crippen molar-refractivity contribution in [3.63, 3.8) is 0 Å². The molecule has 2 aromatic carbocycles. The second kappa shape index (κ2) is 5.33. The molecule has 2 nitrogen and oxygen atoms in total. The molecule has 0 fully saturated rings. The third-order valence-electron chi connectivity index (χ3n) is 3.68. The van der Waals surface area contributed by atoms with Crippen LogP contribution in [0.25, 0.3) is 0 Å². The summed E-state index contributed by atoms with van der Waals surface area (Å²) in [6.07, 6.45) is 2.16. The van der Waals surface area contributed by atoms with Gasteiger partial charge in [-0.2, -0.15) is 0 Å². The van der Waals surface area contributed by atoms with E-state index in [1.54, 1.807) is 12.1 Å². The van der Waals surface area contributed by atoms with Crippen molar-refractivity contribution in [1.29, 1.82) is 0 Å². The molecule has 0 bridgehead atoms. The zero-order valence-corrected chi connectivity index (χ0v) is 11.8. The van der Waals surface area contributed by atoms with Crippen molar-refractivity contribution in [3.05, 3.63) is 58.4 Å². The van der Waals surface area contributed by atoms with Crippen molar-refractivity contribution in [1.82, 2.24) is 0 Å². The Morgan fingerprint density at radius 1 is 1.20 bits per heavy atom. The van der Waals surface area contributed by atoms with Crippen molar-refractivity contribution in [2.45, 2.75) is 19.4 Å². The van der Waals surface area contributed by atoms with Gasteiger partial charge in [-0.1, -0.05) is 17.7 Å². The van der Waals surface area contributed by atoms with Crippen molar-refractivity contribution >= 4 is 23.0 Å². The maximum Gasteiger partial charge on any atom is 0.141 e. The Balaban J connectivity index is 1.87. The third-order valence-corrected chi connectivity index (χ3v) is 3.97. The van der Waals surface area contributed by atoms with Gasteiger partial charge in [0.2, 0.25) is 0 Å². The lowest BCUT2D eigenvalue weighted by Gasteiger charge is -2.31. The molecule has 4 heteroatoms. The number of nitrogens with two attached hydrogens (primary N) is 1. The van der Waals surface area contributed by atoms with E-state index in [-0.39, 0.29) is 10.8 Å². The largest absolute Gasteiger partial charge is 0.399 e. The Hall–Kier alpha value is -1.74. The van der Waals surface area contributed by atoms with Crippen LogP contribution in [0, 0.1) is 5.82 Å². The topological polar surface area (TPSA) is 29.3 Å². The number of aryl methyl sites for hydroxylation is 1. The minimum atomic E-state index is -0.373. The van der Waals surface area contributed by atoms with Crippen LogP contribution in [-0.2, 0) is 13.0 Å². The molecule has 0 aliphatic carbocycles. The van der Waals surface area contributed by atoms with Crippen LogP contribution in [0.3, 0.4) is 0 Å². The number of hydrogen-bond donors (Lipinski definition) is 1. The maximum atomic E-state index is 13.2. The molecular formula is C16H16ClFN2. The fourth-order valence-electron chi connectivity index (χ4n) is 2.72. The van der Waals surface area contributed by atoms with Gasteiger partial charge < -0.3 is 10.6 Å². The van der Waals surface area contributed by atoms with Crippen LogP contribution in [0.4, 0.5) is 15.8 Å². The molecule has 3 rings (SSSR count). The molecule has 2 aromatic rings. The Morgan fingerprint density at radius 2 is 2.05 bits per heavy atom. The Kier molecular flexibility index (Phi) is 3.53. The predicted octanol–water partition coefficient (Wildman–Crippen LogP) is 4.01. The molecule has 0 unspecified atom stereocenters. The average Bonchev–Trinajstić information content (AvgIpc) is 2.43. The van der Waals surface area contributed by atoms with Gasteiger partial charge in [0.15, 0.2) is 0 Å². The molecule has 0 spiro atoms. The molecule has 1 aliphatic heterocycles. The molecule has 2 N–H and O–H groups in total. The monoisotopic (exact) mass is 290 g/mol. The van der Waals surface area contributed by atoms with E-state index in [0.29, 0.717) is 0 Å². The highest BCUT2D eigenvalue weighted by atomic mass is 35.5. The summed E-state index contributed by atoms with van der Waals surface area (Å²) in [5, 5.41) is 0.178. The number of anilines is 2. The van der Waals surface area contributed by atoms with Gasteiger partial charge in [0.25, 0.3) is 0 Å². The minimum Gasteiger partial charge on any atom is -0.399 e. The van der Waals surface area contributed by atoms with Gasteiger partial charge in [-0.3, -0.25) is 0 Å². The molecular weight excluding hydrogens is 275 g/mol. The van der Waals surface area contributed by atoms with Crippen LogP contribution in [0.5, 0.6) is 0 Å². The van der Waals surface area contributed by atoms with Gasteiger partial charge in [-0.25, -0.2) is 4.39 Å². The molecule has 20 heavy (non-hydrogen) atoms. The molecule has 104 valence electrons. The van der Waals surface area contributed by atoms with Gasteiger partial charge >= 0.3 is 0 Å². The highest BCUT2D eigenvalue weighted by Gasteiger charge is 2.17. The van der Waals surface area contributed by atoms with Crippen LogP contribution in [0.1, 0.15) is 17.5 Å². The molecule has 0 saturated heterocycles. The van der Waals surface area contributed by atoms with E-state index in [1.807, 2.05) is 12.1 Å². The molecule has 0 saturated carbocycles. The first kappa shape index (κ1) is 13.3. The number of nitrogens with zero attached hydrogens (tertiary/aromatic N) is 1. The number of fused-ring (bicyclic) bond motifs is 1. The summed E-state index contributed by atoms with van der Waals surface area (Å²) in [6, 6.07) is 10.9. The van der Waals surface area contributed by atoms with Gasteiger partial charge in [-0.15, -0.1) is 0 Å². The second-order valence-electron chi connectivity index (χ2n) is 5.16. The second-order valence-corrected chi connectivity index (χ2v) is 5.57. The van der Waals surface area contributed by atoms with Gasteiger partial charge in [0, 0.05) is 24.5 Å². The Labute approximate surface area is 123 Å². The summed E-state index contributed by atoms with van der Waals surface area (Å²) in [5.74, 6) is -0.373. The highest BCUT2D eigenvalue weighted by molar-refractivity contribution is 6.30. The van der Waals surface area contributed by atoms with Crippen molar-refractivity contribution in [2.75, 3.05) is 17.2 Å². The minimum absolute atomic E-state index is 0.178. The molecule has 1 heterocycles. The zero-order chi connectivity index (χ0) is 14.1. The van der Waals surface area contributed by atoms with Crippen molar-refractivity contribution in [3.8, 4) is 0 Å². The van der Waals surface area contributed by atoms with E-state index in [1.165, 1.54) is 17.3 Å². The summed E-state index contributed by atoms with van der Waals surface area (Å²) in [4.78, 5) is 2.29. The van der Waals surface area contributed by atoms with E-state index in [0.717, 1.165) is 37.2 Å². The fourth-order valence-corrected chi connectivity index (χ4v) is 2.92. The lowest BCUT2D eigenvalue weighted by Crippen LogP contribution is -2.28. The normalized spacial score (nSPS) is 14.2. The standard InChI is InChI=1S/C16H16ClFN2/c17-14-8-11(3-5-15(14)18)10-20-7-1-2-12-9-13(19)4-6-16(12)20/h3-6,8-9H,1-2,7,10,19H2. The fraction of sp³-hybridized carbons (Fsp3) is 0.250. The first-order valence-electron chi connectivity index (χ1n) is 6.71. The number of benzene rings is 2. The molecule has 0 atom stereocenters. The summed E-state index contributed by atoms with van der Waals surface area (Å²) in [6.45, 7) is 1.73. The Bertz CT molecular complexity index is 642. The van der Waals surface area contributed by atoms with E-state index >= 15 is 0 Å². The lowest BCUT2D eigenvalue weighted by molar-refractivity contribution is 0.626. The molecule has 1 aliphatic rings. The van der Waals surface area contributed by atoms with Crippen LogP contribution in [0.2, 0.25) is 5.02 Å². The van der Waals surface area contributed by atoms with E-state index in [2.05, 4.69) is 11.0 Å². The van der Waals surface area contributed by atoms with Gasteiger partial charge in [0.1, 0.15) is 5.82 Å². The smallest absolute Gasteiger partial charge is 0.141 e. The van der Waals surface area contributed by atoms with E-state index in [4.69, 9.17) is 17.3 Å². The maximum absolute atomic E-state index is 13.2. The summed E-state index contributed by atoms with van der Waals surface area (Å²) in [7, 11) is 0. The molecule has 0 aromatic heterocycles. The van der Waals surface area contributed by atoms with Crippen LogP contribution in [-0.4, -0.2) is 6.54 Å². The van der Waals surface area contributed by atoms with Gasteiger partial charge in [-0.05, 0) is 54.3 Å². The van der Waals surface area contributed by atoms with E-state index in [9.17, 15) is 4.39 Å². The first-order chi connectivity index (χ1) is 9.63. The number of nitrogen functional groups attached to an aromatic ring is 1. The Morgan fingerprint density at radius 3 is 2.85 bits per heavy atom. The lowest BCUT2D eigenvalue weighted by atomic mass is 10.0. The average molecular weight is 291 g/mol.